The fourth-order valence-electron chi connectivity index (χ4n) is 3.43. The first-order valence-electron chi connectivity index (χ1n) is 11.1. The van der Waals surface area contributed by atoms with E-state index in [4.69, 9.17) is 16.7 Å². The minimum Gasteiger partial charge on any atom is -0.396 e. The van der Waals surface area contributed by atoms with Crippen molar-refractivity contribution in [3.8, 4) is 0 Å². The Hall–Kier alpha value is -2.53. The van der Waals surface area contributed by atoms with Crippen LogP contribution in [0.1, 0.15) is 37.4 Å². The second-order valence-corrected chi connectivity index (χ2v) is 10.4. The van der Waals surface area contributed by atoms with Gasteiger partial charge in [0, 0.05) is 28.1 Å². The molecule has 0 aliphatic rings. The van der Waals surface area contributed by atoms with Crippen LogP contribution in [0.5, 0.6) is 0 Å². The number of thioether (sulfide) groups is 1. The van der Waals surface area contributed by atoms with Crippen molar-refractivity contribution in [2.75, 3.05) is 24.2 Å². The fraction of sp³-hybridized carbons (Fsp3) is 0.231. The molecule has 0 bridgehead atoms. The molecule has 0 saturated carbocycles. The van der Waals surface area contributed by atoms with Gasteiger partial charge in [-0.15, -0.1) is 0 Å². The van der Waals surface area contributed by atoms with E-state index in [1.54, 1.807) is 48.2 Å². The summed E-state index contributed by atoms with van der Waals surface area (Å²) >= 11 is 10.5. The maximum Gasteiger partial charge on any atom is 0.417 e. The van der Waals surface area contributed by atoms with Crippen LogP contribution in [-0.2, 0) is 18.3 Å². The molecule has 5 nitrogen and oxygen atoms in total. The van der Waals surface area contributed by atoms with Crippen LogP contribution in [0.4, 0.5) is 18.9 Å². The van der Waals surface area contributed by atoms with E-state index in [-0.39, 0.29) is 35.8 Å². The quantitative estimate of drug-likeness (QED) is 0.226. The number of aliphatic hydroxyl groups excluding tert-OH is 1. The Morgan fingerprint density at radius 2 is 1.78 bits per heavy atom. The number of hydrogen-bond donors (Lipinski definition) is 3. The molecule has 0 aliphatic heterocycles. The van der Waals surface area contributed by atoms with Crippen LogP contribution in [0.15, 0.2) is 65.1 Å². The number of carbonyl (C=O) groups is 2. The molecule has 196 valence electrons. The van der Waals surface area contributed by atoms with Gasteiger partial charge in [-0.05, 0) is 60.0 Å². The van der Waals surface area contributed by atoms with Gasteiger partial charge in [-0.3, -0.25) is 9.59 Å². The number of benzene rings is 3. The summed E-state index contributed by atoms with van der Waals surface area (Å²) in [6.45, 7) is 0.152. The molecule has 0 fully saturated rings. The van der Waals surface area contributed by atoms with Gasteiger partial charge in [0.15, 0.2) is 0 Å². The molecule has 2 amide bonds. The highest BCUT2D eigenvalue weighted by Gasteiger charge is 2.33. The highest BCUT2D eigenvalue weighted by molar-refractivity contribution is 9.10. The van der Waals surface area contributed by atoms with Crippen molar-refractivity contribution in [1.29, 1.82) is 0 Å². The van der Waals surface area contributed by atoms with E-state index in [1.807, 2.05) is 6.07 Å². The lowest BCUT2D eigenvalue weighted by atomic mass is 10.1. The van der Waals surface area contributed by atoms with Crippen LogP contribution in [0.2, 0.25) is 5.02 Å². The Morgan fingerprint density at radius 3 is 2.51 bits per heavy atom. The molecule has 3 aromatic carbocycles. The van der Waals surface area contributed by atoms with Crippen molar-refractivity contribution < 1.29 is 27.9 Å². The zero-order chi connectivity index (χ0) is 27.0. The van der Waals surface area contributed by atoms with Gasteiger partial charge >= 0.3 is 6.18 Å². The van der Waals surface area contributed by atoms with E-state index in [0.29, 0.717) is 27.1 Å². The Bertz CT molecular complexity index is 1270. The summed E-state index contributed by atoms with van der Waals surface area (Å²) in [4.78, 5) is 25.8. The topological polar surface area (TPSA) is 78.4 Å². The van der Waals surface area contributed by atoms with Crippen LogP contribution in [0.3, 0.4) is 0 Å². The summed E-state index contributed by atoms with van der Waals surface area (Å²) in [5, 5.41) is 14.0. The molecule has 0 aromatic heterocycles. The summed E-state index contributed by atoms with van der Waals surface area (Å²) in [5.74, 6) is 0.350. The van der Waals surface area contributed by atoms with Crippen molar-refractivity contribution in [1.82, 2.24) is 5.32 Å². The number of hydrogen-bond acceptors (Lipinski definition) is 4. The molecule has 0 saturated heterocycles. The number of halogens is 5. The number of anilines is 1. The molecular weight excluding hydrogens is 593 g/mol. The van der Waals surface area contributed by atoms with Gasteiger partial charge in [-0.1, -0.05) is 45.7 Å². The molecule has 3 rings (SSSR count). The average molecular weight is 616 g/mol. The summed E-state index contributed by atoms with van der Waals surface area (Å²) in [7, 11) is 0. The normalized spacial score (nSPS) is 11.3. The van der Waals surface area contributed by atoms with Crippen LogP contribution < -0.4 is 10.6 Å². The molecule has 0 aliphatic carbocycles. The molecule has 0 atom stereocenters. The number of alkyl halides is 3. The first-order valence-corrected chi connectivity index (χ1v) is 13.4. The summed E-state index contributed by atoms with van der Waals surface area (Å²) in [5.41, 5.74) is 1.28. The van der Waals surface area contributed by atoms with E-state index in [1.165, 1.54) is 12.1 Å². The zero-order valence-electron chi connectivity index (χ0n) is 19.4. The van der Waals surface area contributed by atoms with E-state index < -0.39 is 23.6 Å². The maximum absolute atomic E-state index is 13.1. The van der Waals surface area contributed by atoms with Crippen molar-refractivity contribution in [2.45, 2.75) is 18.3 Å². The number of amides is 2. The summed E-state index contributed by atoms with van der Waals surface area (Å²) in [6.07, 6.45) is -4.42. The molecule has 3 N–H and O–H groups in total. The number of aliphatic hydroxyl groups is 1. The van der Waals surface area contributed by atoms with Gasteiger partial charge in [-0.25, -0.2) is 0 Å². The van der Waals surface area contributed by atoms with E-state index in [0.717, 1.165) is 11.6 Å². The minimum absolute atomic E-state index is 0.0746. The van der Waals surface area contributed by atoms with Crippen molar-refractivity contribution in [3.63, 3.8) is 0 Å². The summed E-state index contributed by atoms with van der Waals surface area (Å²) < 4.78 is 39.9. The third-order valence-electron chi connectivity index (χ3n) is 5.20. The number of carbonyl (C=O) groups excluding carboxylic acids is 2. The zero-order valence-corrected chi connectivity index (χ0v) is 22.5. The molecule has 0 heterocycles. The maximum atomic E-state index is 13.1. The molecule has 0 radical (unpaired) electrons. The predicted octanol–water partition coefficient (Wildman–Crippen LogP) is 6.57. The monoisotopic (exact) mass is 614 g/mol. The van der Waals surface area contributed by atoms with Crippen molar-refractivity contribution >= 4 is 56.8 Å². The van der Waals surface area contributed by atoms with Gasteiger partial charge in [-0.2, -0.15) is 24.9 Å². The average Bonchev–Trinajstić information content (AvgIpc) is 2.85. The second kappa shape index (κ2) is 13.3. The Kier molecular flexibility index (Phi) is 10.5. The number of nitrogens with one attached hydrogen (secondary N) is 2. The van der Waals surface area contributed by atoms with Crippen molar-refractivity contribution in [3.05, 3.63) is 98.0 Å². The largest absolute Gasteiger partial charge is 0.417 e. The lowest BCUT2D eigenvalue weighted by Crippen LogP contribution is -2.27. The third-order valence-corrected chi connectivity index (χ3v) is 7.03. The van der Waals surface area contributed by atoms with Gasteiger partial charge in [0.1, 0.15) is 0 Å². The first-order chi connectivity index (χ1) is 17.6. The second-order valence-electron chi connectivity index (χ2n) is 7.94. The van der Waals surface area contributed by atoms with Crippen molar-refractivity contribution in [2.24, 2.45) is 0 Å². The van der Waals surface area contributed by atoms with E-state index in [9.17, 15) is 22.8 Å². The van der Waals surface area contributed by atoms with Crippen LogP contribution >= 0.6 is 39.3 Å². The fourth-order valence-corrected chi connectivity index (χ4v) is 4.70. The highest BCUT2D eigenvalue weighted by Crippen LogP contribution is 2.35. The standard InChI is InChI=1S/C26H23BrClF3N2O3S/c27-19-5-7-23(33-24(35)18-3-1-2-17(12-18)15-37-11-10-34)20(14-19)25(36)32-9-8-16-4-6-22(28)21(13-16)26(29,30)31/h1-7,12-14,34H,8-11,15H2,(H,32,36)(H,33,35). The Morgan fingerprint density at radius 1 is 1.00 bits per heavy atom. The lowest BCUT2D eigenvalue weighted by molar-refractivity contribution is -0.137. The van der Waals surface area contributed by atoms with Gasteiger partial charge in [0.05, 0.1) is 28.4 Å². The Balaban J connectivity index is 1.68. The third kappa shape index (κ3) is 8.49. The van der Waals surface area contributed by atoms with Crippen LogP contribution in [0, 0.1) is 0 Å². The molecule has 11 heteroatoms. The van der Waals surface area contributed by atoms with Gasteiger partial charge in [0.25, 0.3) is 11.8 Å². The van der Waals surface area contributed by atoms with E-state index >= 15 is 0 Å². The Labute approximate surface area is 229 Å². The lowest BCUT2D eigenvalue weighted by Gasteiger charge is -2.14. The SMILES string of the molecule is O=C(Nc1ccc(Br)cc1C(=O)NCCc1ccc(Cl)c(C(F)(F)F)c1)c1cccc(CSCCO)c1. The minimum atomic E-state index is -4.57. The first kappa shape index (κ1) is 29.0. The molecule has 0 spiro atoms. The van der Waals surface area contributed by atoms with Gasteiger partial charge in [0.2, 0.25) is 0 Å². The summed E-state index contributed by atoms with van der Waals surface area (Å²) in [6, 6.07) is 15.5. The molecular formula is C26H23BrClF3N2O3S. The van der Waals surface area contributed by atoms with Crippen LogP contribution in [0.25, 0.3) is 0 Å². The smallest absolute Gasteiger partial charge is 0.396 e. The highest BCUT2D eigenvalue weighted by atomic mass is 79.9. The number of rotatable bonds is 10. The van der Waals surface area contributed by atoms with Gasteiger partial charge < -0.3 is 15.7 Å². The molecule has 37 heavy (non-hydrogen) atoms. The van der Waals surface area contributed by atoms with Crippen LogP contribution in [-0.4, -0.2) is 35.8 Å². The molecule has 0 unspecified atom stereocenters. The van der Waals surface area contributed by atoms with E-state index in [2.05, 4.69) is 26.6 Å². The molecule has 3 aromatic rings. The predicted molar refractivity (Wildman–Crippen MR) is 144 cm³/mol.